The third kappa shape index (κ3) is 6.08. The topological polar surface area (TPSA) is 47.9 Å². The molecule has 0 aromatic heterocycles. The molecule has 2 fully saturated rings. The van der Waals surface area contributed by atoms with E-state index in [2.05, 4.69) is 35.9 Å². The first-order chi connectivity index (χ1) is 11.2. The summed E-state index contributed by atoms with van der Waals surface area (Å²) in [4.78, 5) is 21.2. The molecule has 2 rings (SSSR count). The first kappa shape index (κ1) is 21.5. The van der Waals surface area contributed by atoms with Crippen molar-refractivity contribution in [3.63, 3.8) is 0 Å². The van der Waals surface area contributed by atoms with Crippen LogP contribution < -0.4 is 5.32 Å². The number of amides is 1. The summed E-state index contributed by atoms with van der Waals surface area (Å²) >= 11 is 0. The van der Waals surface area contributed by atoms with E-state index in [-0.39, 0.29) is 24.0 Å². The number of likely N-dealkylation sites (tertiary alicyclic amines) is 2. The molecule has 1 N–H and O–H groups in total. The molecule has 6 heteroatoms. The number of rotatable bonds is 6. The minimum absolute atomic E-state index is 0. The number of piperidine rings is 1. The van der Waals surface area contributed by atoms with Gasteiger partial charge < -0.3 is 15.1 Å². The van der Waals surface area contributed by atoms with E-state index in [1.54, 1.807) is 0 Å². The summed E-state index contributed by atoms with van der Waals surface area (Å²) in [5.74, 6) is 2.22. The minimum Gasteiger partial charge on any atom is -0.357 e. The third-order valence-electron chi connectivity index (χ3n) is 5.16. The number of carbonyl (C=O) groups excluding carboxylic acids is 1. The molecular formula is C18H35IN4O. The van der Waals surface area contributed by atoms with Crippen molar-refractivity contribution in [1.29, 1.82) is 0 Å². The average molecular weight is 450 g/mol. The van der Waals surface area contributed by atoms with Crippen LogP contribution in [0.5, 0.6) is 0 Å². The molecule has 1 unspecified atom stereocenters. The van der Waals surface area contributed by atoms with E-state index in [4.69, 9.17) is 4.99 Å². The number of aliphatic imine (C=N–C) groups is 1. The van der Waals surface area contributed by atoms with Gasteiger partial charge in [-0.25, -0.2) is 0 Å². The molecule has 24 heavy (non-hydrogen) atoms. The van der Waals surface area contributed by atoms with Gasteiger partial charge in [0, 0.05) is 45.2 Å². The fourth-order valence-electron chi connectivity index (χ4n) is 3.60. The molecular weight excluding hydrogens is 415 g/mol. The molecule has 0 saturated carbocycles. The molecule has 1 atom stereocenters. The number of guanidine groups is 1. The van der Waals surface area contributed by atoms with Gasteiger partial charge in [-0.05, 0) is 44.9 Å². The van der Waals surface area contributed by atoms with Crippen molar-refractivity contribution in [2.75, 3.05) is 32.7 Å². The first-order valence-electron chi connectivity index (χ1n) is 9.48. The van der Waals surface area contributed by atoms with Gasteiger partial charge in [-0.2, -0.15) is 0 Å². The van der Waals surface area contributed by atoms with E-state index >= 15 is 0 Å². The maximum Gasteiger partial charge on any atom is 0.222 e. The second-order valence-corrected chi connectivity index (χ2v) is 6.95. The highest BCUT2D eigenvalue weighted by atomic mass is 127. The molecule has 2 heterocycles. The molecule has 2 aliphatic rings. The second-order valence-electron chi connectivity index (χ2n) is 6.95. The average Bonchev–Trinajstić information content (AvgIpc) is 2.97. The minimum atomic E-state index is 0. The van der Waals surface area contributed by atoms with Crippen molar-refractivity contribution >= 4 is 35.8 Å². The maximum atomic E-state index is 11.9. The van der Waals surface area contributed by atoms with Gasteiger partial charge in [0.05, 0.1) is 0 Å². The Balaban J connectivity index is 0.00000288. The van der Waals surface area contributed by atoms with Crippen LogP contribution in [0.15, 0.2) is 4.99 Å². The molecule has 0 radical (unpaired) electrons. The standard InChI is InChI=1S/C18H34N4O.HI/c1-4-16(22-12-6-7-17(22)23)8-11-20-18(19-5-2)21-13-9-15(3)10-14-21;/h15-16H,4-14H2,1-3H3,(H,19,20);1H. The third-order valence-corrected chi connectivity index (χ3v) is 5.16. The Morgan fingerprint density at radius 1 is 1.29 bits per heavy atom. The lowest BCUT2D eigenvalue weighted by Crippen LogP contribution is -2.45. The van der Waals surface area contributed by atoms with Crippen LogP contribution in [-0.2, 0) is 4.79 Å². The smallest absolute Gasteiger partial charge is 0.222 e. The number of nitrogens with one attached hydrogen (secondary N) is 1. The van der Waals surface area contributed by atoms with Crippen LogP contribution in [0.4, 0.5) is 0 Å². The lowest BCUT2D eigenvalue weighted by molar-refractivity contribution is -0.129. The van der Waals surface area contributed by atoms with Crippen LogP contribution in [0.1, 0.15) is 59.3 Å². The number of hydrogen-bond donors (Lipinski definition) is 1. The van der Waals surface area contributed by atoms with Gasteiger partial charge in [-0.15, -0.1) is 24.0 Å². The monoisotopic (exact) mass is 450 g/mol. The molecule has 0 spiro atoms. The predicted molar refractivity (Wildman–Crippen MR) is 111 cm³/mol. The van der Waals surface area contributed by atoms with Gasteiger partial charge in [0.25, 0.3) is 0 Å². The van der Waals surface area contributed by atoms with E-state index in [1.165, 1.54) is 12.8 Å². The summed E-state index contributed by atoms with van der Waals surface area (Å²) in [5.41, 5.74) is 0. The molecule has 140 valence electrons. The summed E-state index contributed by atoms with van der Waals surface area (Å²) in [7, 11) is 0. The van der Waals surface area contributed by atoms with Crippen LogP contribution in [0.2, 0.25) is 0 Å². The van der Waals surface area contributed by atoms with Crippen molar-refractivity contribution in [1.82, 2.24) is 15.1 Å². The van der Waals surface area contributed by atoms with Crippen molar-refractivity contribution < 1.29 is 4.79 Å². The fourth-order valence-corrected chi connectivity index (χ4v) is 3.60. The molecule has 1 amide bonds. The van der Waals surface area contributed by atoms with E-state index in [0.29, 0.717) is 11.9 Å². The van der Waals surface area contributed by atoms with E-state index in [9.17, 15) is 4.79 Å². The summed E-state index contributed by atoms with van der Waals surface area (Å²) in [5, 5.41) is 3.43. The second kappa shape index (κ2) is 11.2. The van der Waals surface area contributed by atoms with Gasteiger partial charge in [-0.3, -0.25) is 9.79 Å². The van der Waals surface area contributed by atoms with Crippen molar-refractivity contribution in [3.8, 4) is 0 Å². The zero-order valence-electron chi connectivity index (χ0n) is 15.6. The number of carbonyl (C=O) groups is 1. The number of hydrogen-bond acceptors (Lipinski definition) is 2. The van der Waals surface area contributed by atoms with E-state index in [1.807, 2.05) is 0 Å². The quantitative estimate of drug-likeness (QED) is 0.385. The zero-order chi connectivity index (χ0) is 16.7. The van der Waals surface area contributed by atoms with Gasteiger partial charge in [0.15, 0.2) is 5.96 Å². The highest BCUT2D eigenvalue weighted by Gasteiger charge is 2.26. The number of halogens is 1. The maximum absolute atomic E-state index is 11.9. The lowest BCUT2D eigenvalue weighted by Gasteiger charge is -2.33. The normalized spacial score (nSPS) is 21.0. The predicted octanol–water partition coefficient (Wildman–Crippen LogP) is 3.09. The molecule has 0 aromatic rings. The molecule has 2 saturated heterocycles. The Hall–Kier alpha value is -0.530. The summed E-state index contributed by atoms with van der Waals surface area (Å²) < 4.78 is 0. The largest absolute Gasteiger partial charge is 0.357 e. The van der Waals surface area contributed by atoms with Crippen LogP contribution in [0.3, 0.4) is 0 Å². The molecule has 2 aliphatic heterocycles. The number of nitrogens with zero attached hydrogens (tertiary/aromatic N) is 3. The Bertz CT molecular complexity index is 408. The zero-order valence-corrected chi connectivity index (χ0v) is 17.9. The van der Waals surface area contributed by atoms with Gasteiger partial charge in [-0.1, -0.05) is 13.8 Å². The lowest BCUT2D eigenvalue weighted by atomic mass is 10.00. The first-order valence-corrected chi connectivity index (χ1v) is 9.48. The summed E-state index contributed by atoms with van der Waals surface area (Å²) in [6.45, 7) is 11.5. The summed E-state index contributed by atoms with van der Waals surface area (Å²) in [6, 6.07) is 0.359. The van der Waals surface area contributed by atoms with Gasteiger partial charge in [0.1, 0.15) is 0 Å². The molecule has 0 aromatic carbocycles. The SMILES string of the molecule is CCNC(=NCCC(CC)N1CCCC1=O)N1CCC(C)CC1.I. The van der Waals surface area contributed by atoms with Crippen LogP contribution in [0, 0.1) is 5.92 Å². The highest BCUT2D eigenvalue weighted by molar-refractivity contribution is 14.0. The fraction of sp³-hybridized carbons (Fsp3) is 0.889. The van der Waals surface area contributed by atoms with E-state index in [0.717, 1.165) is 70.3 Å². The van der Waals surface area contributed by atoms with E-state index < -0.39 is 0 Å². The highest BCUT2D eigenvalue weighted by Crippen LogP contribution is 2.19. The van der Waals surface area contributed by atoms with Crippen LogP contribution in [-0.4, -0.2) is 60.4 Å². The Labute approximate surface area is 164 Å². The van der Waals surface area contributed by atoms with Crippen LogP contribution >= 0.6 is 24.0 Å². The van der Waals surface area contributed by atoms with Crippen molar-refractivity contribution in [3.05, 3.63) is 0 Å². The molecule has 0 bridgehead atoms. The van der Waals surface area contributed by atoms with Crippen molar-refractivity contribution in [2.45, 2.75) is 65.3 Å². The summed E-state index contributed by atoms with van der Waals surface area (Å²) in [6.07, 6.45) is 6.26. The Morgan fingerprint density at radius 2 is 2.00 bits per heavy atom. The Morgan fingerprint density at radius 3 is 2.54 bits per heavy atom. The van der Waals surface area contributed by atoms with Gasteiger partial charge >= 0.3 is 0 Å². The molecule has 0 aliphatic carbocycles. The van der Waals surface area contributed by atoms with Gasteiger partial charge in [0.2, 0.25) is 5.91 Å². The van der Waals surface area contributed by atoms with Crippen molar-refractivity contribution in [2.24, 2.45) is 10.9 Å². The Kier molecular flexibility index (Phi) is 10.0. The molecule has 5 nitrogen and oxygen atoms in total. The van der Waals surface area contributed by atoms with Crippen LogP contribution in [0.25, 0.3) is 0 Å².